The fraction of sp³-hybridized carbons (Fsp3) is 0.909. The summed E-state index contributed by atoms with van der Waals surface area (Å²) in [5.74, 6) is 0.310. The molecule has 0 spiro atoms. The number of nitrogens with zero attached hydrogens (tertiary/aromatic N) is 1. The number of likely N-dealkylation sites (tertiary alicyclic amines) is 1. The molecule has 88 valence electrons. The van der Waals surface area contributed by atoms with E-state index in [1.165, 1.54) is 0 Å². The van der Waals surface area contributed by atoms with Crippen molar-refractivity contribution in [3.8, 4) is 0 Å². The lowest BCUT2D eigenvalue weighted by Crippen LogP contribution is -2.44. The first kappa shape index (κ1) is 12.3. The molecule has 0 aromatic heterocycles. The summed E-state index contributed by atoms with van der Waals surface area (Å²) >= 11 is 0. The highest BCUT2D eigenvalue weighted by atomic mass is 16.6. The SMILES string of the molecule is CC1CN(C(=O)OC(C)(C)C)CC1(C)N. The lowest BCUT2D eigenvalue weighted by atomic mass is 9.92. The molecular formula is C11H22N2O2. The molecule has 0 radical (unpaired) electrons. The van der Waals surface area contributed by atoms with E-state index >= 15 is 0 Å². The van der Waals surface area contributed by atoms with Gasteiger partial charge in [-0.25, -0.2) is 4.79 Å². The normalized spacial score (nSPS) is 31.9. The van der Waals surface area contributed by atoms with Gasteiger partial charge in [0.1, 0.15) is 5.60 Å². The number of ether oxygens (including phenoxy) is 1. The lowest BCUT2D eigenvalue weighted by Gasteiger charge is -2.25. The summed E-state index contributed by atoms with van der Waals surface area (Å²) in [4.78, 5) is 13.4. The molecule has 0 aliphatic carbocycles. The topological polar surface area (TPSA) is 55.6 Å². The molecule has 1 aliphatic rings. The van der Waals surface area contributed by atoms with E-state index in [4.69, 9.17) is 10.5 Å². The van der Waals surface area contributed by atoms with Gasteiger partial charge in [0.05, 0.1) is 0 Å². The Labute approximate surface area is 91.8 Å². The van der Waals surface area contributed by atoms with E-state index in [1.807, 2.05) is 27.7 Å². The molecule has 1 saturated heterocycles. The fourth-order valence-electron chi connectivity index (χ4n) is 1.64. The Morgan fingerprint density at radius 1 is 1.53 bits per heavy atom. The van der Waals surface area contributed by atoms with Crippen molar-refractivity contribution in [2.75, 3.05) is 13.1 Å². The van der Waals surface area contributed by atoms with Crippen molar-refractivity contribution in [3.63, 3.8) is 0 Å². The highest BCUT2D eigenvalue weighted by Crippen LogP contribution is 2.25. The fourth-order valence-corrected chi connectivity index (χ4v) is 1.64. The number of amides is 1. The van der Waals surface area contributed by atoms with Crippen molar-refractivity contribution in [1.29, 1.82) is 0 Å². The van der Waals surface area contributed by atoms with Gasteiger partial charge in [0.25, 0.3) is 0 Å². The molecule has 2 unspecified atom stereocenters. The van der Waals surface area contributed by atoms with Gasteiger partial charge in [-0.3, -0.25) is 0 Å². The summed E-state index contributed by atoms with van der Waals surface area (Å²) in [5.41, 5.74) is 5.33. The van der Waals surface area contributed by atoms with Gasteiger partial charge in [0.2, 0.25) is 0 Å². The number of carbonyl (C=O) groups excluding carboxylic acids is 1. The van der Waals surface area contributed by atoms with Gasteiger partial charge < -0.3 is 15.4 Å². The molecule has 1 fully saturated rings. The lowest BCUT2D eigenvalue weighted by molar-refractivity contribution is 0.0283. The highest BCUT2D eigenvalue weighted by Gasteiger charge is 2.40. The summed E-state index contributed by atoms with van der Waals surface area (Å²) in [7, 11) is 0. The Kier molecular flexibility index (Phi) is 3.01. The van der Waals surface area contributed by atoms with Crippen LogP contribution in [0.2, 0.25) is 0 Å². The van der Waals surface area contributed by atoms with Gasteiger partial charge in [-0.15, -0.1) is 0 Å². The number of carbonyl (C=O) groups is 1. The third-order valence-corrected chi connectivity index (χ3v) is 2.80. The molecule has 4 nitrogen and oxygen atoms in total. The predicted octanol–water partition coefficient (Wildman–Crippen LogP) is 1.59. The third-order valence-electron chi connectivity index (χ3n) is 2.80. The van der Waals surface area contributed by atoms with Crippen molar-refractivity contribution in [2.45, 2.75) is 45.8 Å². The molecular weight excluding hydrogens is 192 g/mol. The molecule has 0 saturated carbocycles. The van der Waals surface area contributed by atoms with Gasteiger partial charge in [-0.1, -0.05) is 6.92 Å². The quantitative estimate of drug-likeness (QED) is 0.666. The average Bonchev–Trinajstić information content (AvgIpc) is 2.23. The van der Waals surface area contributed by atoms with Crippen LogP contribution in [0.4, 0.5) is 4.79 Å². The molecule has 15 heavy (non-hydrogen) atoms. The second kappa shape index (κ2) is 3.67. The van der Waals surface area contributed by atoms with E-state index in [9.17, 15) is 4.79 Å². The molecule has 1 amide bonds. The van der Waals surface area contributed by atoms with Crippen molar-refractivity contribution >= 4 is 6.09 Å². The van der Waals surface area contributed by atoms with Crippen molar-refractivity contribution in [2.24, 2.45) is 11.7 Å². The Hall–Kier alpha value is -0.770. The van der Waals surface area contributed by atoms with Gasteiger partial charge >= 0.3 is 6.09 Å². The van der Waals surface area contributed by atoms with Crippen LogP contribution in [0.1, 0.15) is 34.6 Å². The first-order valence-corrected chi connectivity index (χ1v) is 5.38. The van der Waals surface area contributed by atoms with Crippen LogP contribution in [0.5, 0.6) is 0 Å². The first-order valence-electron chi connectivity index (χ1n) is 5.38. The van der Waals surface area contributed by atoms with Crippen LogP contribution >= 0.6 is 0 Å². The molecule has 4 heteroatoms. The molecule has 2 N–H and O–H groups in total. The van der Waals surface area contributed by atoms with E-state index in [-0.39, 0.29) is 11.6 Å². The number of hydrogen-bond acceptors (Lipinski definition) is 3. The number of rotatable bonds is 0. The molecule has 2 atom stereocenters. The zero-order valence-electron chi connectivity index (χ0n) is 10.3. The summed E-state index contributed by atoms with van der Waals surface area (Å²) in [6.07, 6.45) is -0.261. The zero-order chi connectivity index (χ0) is 11.9. The zero-order valence-corrected chi connectivity index (χ0v) is 10.3. The maximum absolute atomic E-state index is 11.7. The van der Waals surface area contributed by atoms with Crippen LogP contribution < -0.4 is 5.73 Å². The van der Waals surface area contributed by atoms with Crippen LogP contribution in [-0.4, -0.2) is 35.2 Å². The Morgan fingerprint density at radius 3 is 2.40 bits per heavy atom. The second-order valence-electron chi connectivity index (χ2n) is 5.77. The molecule has 0 aromatic rings. The van der Waals surface area contributed by atoms with Crippen LogP contribution in [0.15, 0.2) is 0 Å². The summed E-state index contributed by atoms with van der Waals surface area (Å²) < 4.78 is 5.29. The van der Waals surface area contributed by atoms with Crippen molar-refractivity contribution in [3.05, 3.63) is 0 Å². The van der Waals surface area contributed by atoms with Crippen LogP contribution in [-0.2, 0) is 4.74 Å². The Bertz CT molecular complexity index is 256. The molecule has 0 bridgehead atoms. The first-order chi connectivity index (χ1) is 6.62. The average molecular weight is 214 g/mol. The van der Waals surface area contributed by atoms with Gasteiger partial charge in [-0.2, -0.15) is 0 Å². The monoisotopic (exact) mass is 214 g/mol. The maximum Gasteiger partial charge on any atom is 0.410 e. The minimum Gasteiger partial charge on any atom is -0.444 e. The summed E-state index contributed by atoms with van der Waals surface area (Å²) in [6, 6.07) is 0. The van der Waals surface area contributed by atoms with E-state index in [2.05, 4.69) is 6.92 Å². The standard InChI is InChI=1S/C11H22N2O2/c1-8-6-13(7-11(8,5)12)9(14)15-10(2,3)4/h8H,6-7,12H2,1-5H3. The van der Waals surface area contributed by atoms with Crippen LogP contribution in [0.3, 0.4) is 0 Å². The van der Waals surface area contributed by atoms with Gasteiger partial charge in [0.15, 0.2) is 0 Å². The minimum atomic E-state index is -0.437. The molecule has 1 heterocycles. The summed E-state index contributed by atoms with van der Waals surface area (Å²) in [5, 5.41) is 0. The predicted molar refractivity (Wildman–Crippen MR) is 59.6 cm³/mol. The molecule has 1 aliphatic heterocycles. The third kappa shape index (κ3) is 3.09. The van der Waals surface area contributed by atoms with E-state index in [0.717, 1.165) is 0 Å². The van der Waals surface area contributed by atoms with Gasteiger partial charge in [-0.05, 0) is 33.6 Å². The molecule has 0 aromatic carbocycles. The minimum absolute atomic E-state index is 0.261. The smallest absolute Gasteiger partial charge is 0.410 e. The van der Waals surface area contributed by atoms with E-state index < -0.39 is 5.60 Å². The van der Waals surface area contributed by atoms with Crippen LogP contribution in [0.25, 0.3) is 0 Å². The second-order valence-corrected chi connectivity index (χ2v) is 5.77. The van der Waals surface area contributed by atoms with Crippen molar-refractivity contribution in [1.82, 2.24) is 4.90 Å². The maximum atomic E-state index is 11.7. The highest BCUT2D eigenvalue weighted by molar-refractivity contribution is 5.68. The van der Waals surface area contributed by atoms with E-state index in [1.54, 1.807) is 4.90 Å². The Balaban J connectivity index is 2.58. The molecule has 1 rings (SSSR count). The van der Waals surface area contributed by atoms with E-state index in [0.29, 0.717) is 19.0 Å². The summed E-state index contributed by atoms with van der Waals surface area (Å²) in [6.45, 7) is 10.9. The largest absolute Gasteiger partial charge is 0.444 e. The van der Waals surface area contributed by atoms with Crippen molar-refractivity contribution < 1.29 is 9.53 Å². The van der Waals surface area contributed by atoms with Gasteiger partial charge in [0, 0.05) is 18.6 Å². The van der Waals surface area contributed by atoms with Crippen LogP contribution in [0, 0.1) is 5.92 Å². The number of nitrogens with two attached hydrogens (primary N) is 1. The number of hydrogen-bond donors (Lipinski definition) is 1. The Morgan fingerprint density at radius 2 is 2.07 bits per heavy atom.